The van der Waals surface area contributed by atoms with Crippen LogP contribution in [0.25, 0.3) is 22.4 Å². The first-order chi connectivity index (χ1) is 10.2. The van der Waals surface area contributed by atoms with Crippen molar-refractivity contribution in [1.29, 1.82) is 0 Å². The van der Waals surface area contributed by atoms with Crippen LogP contribution in [0.3, 0.4) is 0 Å². The van der Waals surface area contributed by atoms with Crippen LogP contribution in [-0.4, -0.2) is 32.9 Å². The highest BCUT2D eigenvalue weighted by atomic mass is 16.5. The van der Waals surface area contributed by atoms with Gasteiger partial charge in [0.05, 0.1) is 5.52 Å². The summed E-state index contributed by atoms with van der Waals surface area (Å²) in [4.78, 5) is 14.6. The fraction of sp³-hybridized carbons (Fsp3) is 0.143. The van der Waals surface area contributed by atoms with E-state index >= 15 is 0 Å². The molecule has 0 atom stereocenters. The molecular weight excluding hydrogens is 274 g/mol. The molecule has 0 radical (unpaired) electrons. The summed E-state index contributed by atoms with van der Waals surface area (Å²) >= 11 is 0. The third kappa shape index (κ3) is 2.87. The summed E-state index contributed by atoms with van der Waals surface area (Å²) in [6, 6.07) is 9.41. The Morgan fingerprint density at radius 2 is 2.10 bits per heavy atom. The second-order valence-corrected chi connectivity index (χ2v) is 4.26. The second-order valence-electron chi connectivity index (χ2n) is 4.26. The number of fused-ring (bicyclic) bond motifs is 1. The zero-order chi connectivity index (χ0) is 14.7. The maximum Gasteiger partial charge on any atom is 0.329 e. The number of aliphatic carboxylic acids is 1. The number of carboxylic acids is 1. The first-order valence-corrected chi connectivity index (χ1v) is 6.20. The van der Waals surface area contributed by atoms with E-state index in [9.17, 15) is 4.79 Å². The normalized spacial score (nSPS) is 10.9. The summed E-state index contributed by atoms with van der Waals surface area (Å²) in [5.74, 6) is -0.468. The predicted molar refractivity (Wildman–Crippen MR) is 72.3 cm³/mol. The van der Waals surface area contributed by atoms with Gasteiger partial charge in [0.25, 0.3) is 0 Å². The van der Waals surface area contributed by atoms with E-state index in [0.29, 0.717) is 5.89 Å². The molecule has 7 heteroatoms. The summed E-state index contributed by atoms with van der Waals surface area (Å²) < 4.78 is 10.4. The van der Waals surface area contributed by atoms with E-state index in [2.05, 4.69) is 15.2 Å². The molecule has 2 aromatic heterocycles. The Bertz CT molecular complexity index is 779. The van der Waals surface area contributed by atoms with Crippen LogP contribution < -0.4 is 0 Å². The first kappa shape index (κ1) is 13.2. The average Bonchev–Trinajstić information content (AvgIpc) is 2.95. The number of rotatable bonds is 5. The Hall–Kier alpha value is -2.80. The molecule has 0 amide bonds. The minimum atomic E-state index is -1.05. The molecule has 0 bridgehead atoms. The van der Waals surface area contributed by atoms with Gasteiger partial charge in [-0.15, -0.1) is 10.2 Å². The molecule has 7 nitrogen and oxygen atoms in total. The largest absolute Gasteiger partial charge is 0.480 e. The van der Waals surface area contributed by atoms with Gasteiger partial charge in [0, 0.05) is 17.1 Å². The zero-order valence-electron chi connectivity index (χ0n) is 10.9. The minimum absolute atomic E-state index is 0.0394. The number of para-hydroxylation sites is 1. The predicted octanol–water partition coefficient (Wildman–Crippen LogP) is 1.89. The summed E-state index contributed by atoms with van der Waals surface area (Å²) in [6.45, 7) is -0.446. The minimum Gasteiger partial charge on any atom is -0.480 e. The van der Waals surface area contributed by atoms with Crippen molar-refractivity contribution in [2.45, 2.75) is 6.61 Å². The molecular formula is C14H11N3O4. The molecule has 0 saturated carbocycles. The van der Waals surface area contributed by atoms with Crippen molar-refractivity contribution in [3.63, 3.8) is 0 Å². The Balaban J connectivity index is 1.86. The molecule has 0 aliphatic carbocycles. The van der Waals surface area contributed by atoms with E-state index in [4.69, 9.17) is 14.3 Å². The molecule has 0 unspecified atom stereocenters. The maximum absolute atomic E-state index is 10.4. The highest BCUT2D eigenvalue weighted by Crippen LogP contribution is 2.26. The summed E-state index contributed by atoms with van der Waals surface area (Å²) in [5.41, 5.74) is 1.61. The number of nitrogens with zero attached hydrogens (tertiary/aromatic N) is 3. The van der Waals surface area contributed by atoms with Crippen LogP contribution in [0.1, 0.15) is 5.89 Å². The molecule has 0 aliphatic heterocycles. The molecule has 0 saturated heterocycles. The fourth-order valence-electron chi connectivity index (χ4n) is 1.93. The van der Waals surface area contributed by atoms with Crippen molar-refractivity contribution in [3.8, 4) is 11.5 Å². The Morgan fingerprint density at radius 1 is 1.24 bits per heavy atom. The monoisotopic (exact) mass is 285 g/mol. The van der Waals surface area contributed by atoms with E-state index in [1.807, 2.05) is 24.3 Å². The third-order valence-corrected chi connectivity index (χ3v) is 2.80. The Morgan fingerprint density at radius 3 is 2.95 bits per heavy atom. The van der Waals surface area contributed by atoms with Crippen LogP contribution in [-0.2, 0) is 16.1 Å². The molecule has 1 N–H and O–H groups in total. The van der Waals surface area contributed by atoms with Crippen LogP contribution >= 0.6 is 0 Å². The van der Waals surface area contributed by atoms with Gasteiger partial charge in [0.2, 0.25) is 11.8 Å². The van der Waals surface area contributed by atoms with Crippen LogP contribution in [0.4, 0.5) is 0 Å². The summed E-state index contributed by atoms with van der Waals surface area (Å²) in [6.07, 6.45) is 1.67. The van der Waals surface area contributed by atoms with Crippen LogP contribution in [0.5, 0.6) is 0 Å². The SMILES string of the molecule is O=C(O)COCc1nnc(-c2ccnc3ccccc23)o1. The van der Waals surface area contributed by atoms with Crippen LogP contribution in [0.2, 0.25) is 0 Å². The van der Waals surface area contributed by atoms with Crippen LogP contribution in [0, 0.1) is 0 Å². The van der Waals surface area contributed by atoms with Crippen molar-refractivity contribution >= 4 is 16.9 Å². The quantitative estimate of drug-likeness (QED) is 0.764. The van der Waals surface area contributed by atoms with E-state index < -0.39 is 12.6 Å². The Labute approximate surface area is 119 Å². The van der Waals surface area contributed by atoms with Gasteiger partial charge in [-0.25, -0.2) is 4.79 Å². The molecule has 106 valence electrons. The van der Waals surface area contributed by atoms with Crippen molar-refractivity contribution in [2.24, 2.45) is 0 Å². The number of carbonyl (C=O) groups is 1. The smallest absolute Gasteiger partial charge is 0.329 e. The van der Waals surface area contributed by atoms with Crippen molar-refractivity contribution in [1.82, 2.24) is 15.2 Å². The third-order valence-electron chi connectivity index (χ3n) is 2.80. The lowest BCUT2D eigenvalue weighted by Gasteiger charge is -2.01. The van der Waals surface area contributed by atoms with E-state index in [0.717, 1.165) is 16.5 Å². The van der Waals surface area contributed by atoms with Gasteiger partial charge < -0.3 is 14.3 Å². The van der Waals surface area contributed by atoms with Crippen molar-refractivity contribution in [2.75, 3.05) is 6.61 Å². The van der Waals surface area contributed by atoms with E-state index in [1.165, 1.54) is 0 Å². The standard InChI is InChI=1S/C14H11N3O4/c18-13(19)8-20-7-12-16-17-14(21-12)10-5-6-15-11-4-2-1-3-9(10)11/h1-6H,7-8H2,(H,18,19). The second kappa shape index (κ2) is 5.68. The van der Waals surface area contributed by atoms with Gasteiger partial charge in [0.15, 0.2) is 0 Å². The number of aromatic nitrogens is 3. The number of hydrogen-bond acceptors (Lipinski definition) is 6. The fourth-order valence-corrected chi connectivity index (χ4v) is 1.93. The van der Waals surface area contributed by atoms with Gasteiger partial charge in [-0.3, -0.25) is 4.98 Å². The summed E-state index contributed by atoms with van der Waals surface area (Å²) in [7, 11) is 0. The van der Waals surface area contributed by atoms with Gasteiger partial charge >= 0.3 is 5.97 Å². The Kier molecular flexibility index (Phi) is 3.57. The first-order valence-electron chi connectivity index (χ1n) is 6.20. The lowest BCUT2D eigenvalue weighted by molar-refractivity contribution is -0.142. The van der Waals surface area contributed by atoms with E-state index in [-0.39, 0.29) is 12.5 Å². The molecule has 1 aromatic carbocycles. The van der Waals surface area contributed by atoms with Crippen LogP contribution in [0.15, 0.2) is 40.9 Å². The number of carboxylic acid groups (broad SMARTS) is 1. The zero-order valence-corrected chi connectivity index (χ0v) is 10.9. The van der Waals surface area contributed by atoms with E-state index in [1.54, 1.807) is 12.3 Å². The molecule has 3 aromatic rings. The van der Waals surface area contributed by atoms with Crippen molar-refractivity contribution in [3.05, 3.63) is 42.4 Å². The van der Waals surface area contributed by atoms with Gasteiger partial charge in [-0.05, 0) is 12.1 Å². The highest BCUT2D eigenvalue weighted by Gasteiger charge is 2.12. The lowest BCUT2D eigenvalue weighted by Crippen LogP contribution is -2.06. The topological polar surface area (TPSA) is 98.3 Å². The molecule has 3 rings (SSSR count). The molecule has 0 fully saturated rings. The average molecular weight is 285 g/mol. The molecule has 21 heavy (non-hydrogen) atoms. The number of benzene rings is 1. The van der Waals surface area contributed by atoms with Gasteiger partial charge in [-0.2, -0.15) is 0 Å². The van der Waals surface area contributed by atoms with Gasteiger partial charge in [-0.1, -0.05) is 18.2 Å². The number of ether oxygens (including phenoxy) is 1. The van der Waals surface area contributed by atoms with Crippen molar-refractivity contribution < 1.29 is 19.1 Å². The lowest BCUT2D eigenvalue weighted by atomic mass is 10.1. The number of hydrogen-bond donors (Lipinski definition) is 1. The highest BCUT2D eigenvalue weighted by molar-refractivity contribution is 5.91. The molecule has 0 spiro atoms. The maximum atomic E-state index is 10.4. The van der Waals surface area contributed by atoms with Gasteiger partial charge in [0.1, 0.15) is 13.2 Å². The summed E-state index contributed by atoms with van der Waals surface area (Å²) in [5, 5.41) is 17.2. The molecule has 2 heterocycles. The number of pyridine rings is 1. The molecule has 0 aliphatic rings.